The minimum absolute atomic E-state index is 0.308. The van der Waals surface area contributed by atoms with Crippen LogP contribution < -0.4 is 5.46 Å². The molecule has 19 heavy (non-hydrogen) atoms. The Hall–Kier alpha value is -0.995. The molecule has 1 fully saturated rings. The smallest absolute Gasteiger partial charge is 0.399 e. The summed E-state index contributed by atoms with van der Waals surface area (Å²) in [4.78, 5) is 3.92. The lowest BCUT2D eigenvalue weighted by Crippen LogP contribution is -2.41. The molecule has 0 amide bonds. The van der Waals surface area contributed by atoms with E-state index in [1.165, 1.54) is 0 Å². The van der Waals surface area contributed by atoms with Crippen molar-refractivity contribution in [2.24, 2.45) is 4.99 Å². The molecule has 0 spiro atoms. The highest BCUT2D eigenvalue weighted by Crippen LogP contribution is 2.36. The van der Waals surface area contributed by atoms with Gasteiger partial charge in [0.05, 0.1) is 22.9 Å². The fourth-order valence-electron chi connectivity index (χ4n) is 1.88. The van der Waals surface area contributed by atoms with E-state index in [0.717, 1.165) is 11.0 Å². The zero-order chi connectivity index (χ0) is 14.1. The van der Waals surface area contributed by atoms with Gasteiger partial charge in [0.2, 0.25) is 0 Å². The van der Waals surface area contributed by atoms with Gasteiger partial charge in [0.1, 0.15) is 0 Å². The number of benzene rings is 1. The predicted molar refractivity (Wildman–Crippen MR) is 80.9 cm³/mol. The van der Waals surface area contributed by atoms with Crippen molar-refractivity contribution in [1.82, 2.24) is 0 Å². The van der Waals surface area contributed by atoms with Gasteiger partial charge in [0.15, 0.2) is 0 Å². The van der Waals surface area contributed by atoms with E-state index in [4.69, 9.17) is 9.31 Å². The van der Waals surface area contributed by atoms with Gasteiger partial charge in [-0.05, 0) is 50.9 Å². The molecule has 0 unspecified atom stereocenters. The molecule has 0 radical (unpaired) electrons. The maximum Gasteiger partial charge on any atom is 0.494 e. The largest absolute Gasteiger partial charge is 0.494 e. The molecule has 0 aromatic heterocycles. The first-order valence-corrected chi connectivity index (χ1v) is 6.75. The third-order valence-corrected chi connectivity index (χ3v) is 3.96. The summed E-state index contributed by atoms with van der Waals surface area (Å²) in [7, 11) is -0.312. The standard InChI is InChI=1S/C14H18BNO2S/c1-13(2)14(3,4)18-15(17-13)12-7-5-11(6-8-12)9-16-10-19/h5-8H,9H2,1-4H3. The molecule has 1 aliphatic heterocycles. The second-order valence-electron chi connectivity index (χ2n) is 5.74. The molecule has 1 aromatic rings. The zero-order valence-corrected chi connectivity index (χ0v) is 12.6. The summed E-state index contributed by atoms with van der Waals surface area (Å²) in [5.41, 5.74) is 1.50. The van der Waals surface area contributed by atoms with Crippen molar-refractivity contribution >= 4 is 30.0 Å². The maximum absolute atomic E-state index is 6.00. The van der Waals surface area contributed by atoms with Crippen LogP contribution in [0.3, 0.4) is 0 Å². The Morgan fingerprint density at radius 3 is 2.11 bits per heavy atom. The Morgan fingerprint density at radius 2 is 1.63 bits per heavy atom. The van der Waals surface area contributed by atoms with E-state index in [1.54, 1.807) is 0 Å². The molecule has 0 atom stereocenters. The summed E-state index contributed by atoms with van der Waals surface area (Å²) in [6, 6.07) is 8.04. The van der Waals surface area contributed by atoms with Gasteiger partial charge in [-0.3, -0.25) is 0 Å². The molecule has 100 valence electrons. The van der Waals surface area contributed by atoms with Crippen LogP contribution in [0, 0.1) is 0 Å². The lowest BCUT2D eigenvalue weighted by molar-refractivity contribution is 0.00578. The van der Waals surface area contributed by atoms with E-state index in [2.05, 4.69) is 50.1 Å². The second kappa shape index (κ2) is 5.18. The van der Waals surface area contributed by atoms with E-state index >= 15 is 0 Å². The number of thiocarbonyl (C=S) groups is 1. The lowest BCUT2D eigenvalue weighted by Gasteiger charge is -2.32. The average molecular weight is 275 g/mol. The molecule has 1 aliphatic rings. The maximum atomic E-state index is 6.00. The Kier molecular flexibility index (Phi) is 3.93. The predicted octanol–water partition coefficient (Wildman–Crippen LogP) is 2.59. The fourth-order valence-corrected chi connectivity index (χ4v) is 1.95. The highest BCUT2D eigenvalue weighted by molar-refractivity contribution is 7.78. The average Bonchev–Trinajstić information content (AvgIpc) is 2.56. The Balaban J connectivity index is 2.14. The third-order valence-electron chi connectivity index (χ3n) is 3.83. The van der Waals surface area contributed by atoms with Gasteiger partial charge in [-0.15, -0.1) is 0 Å². The van der Waals surface area contributed by atoms with Crippen molar-refractivity contribution in [3.05, 3.63) is 29.8 Å². The van der Waals surface area contributed by atoms with Crippen LogP contribution in [0.4, 0.5) is 0 Å². The molecular formula is C14H18BNO2S. The summed E-state index contributed by atoms with van der Waals surface area (Å²) >= 11 is 4.56. The Labute approximate surface area is 120 Å². The van der Waals surface area contributed by atoms with Crippen LogP contribution in [0.5, 0.6) is 0 Å². The number of aliphatic imine (C=N–C) groups is 1. The van der Waals surface area contributed by atoms with Crippen molar-refractivity contribution in [1.29, 1.82) is 0 Å². The first kappa shape index (κ1) is 14.4. The molecule has 1 aromatic carbocycles. The van der Waals surface area contributed by atoms with Crippen LogP contribution in [-0.4, -0.2) is 23.5 Å². The van der Waals surface area contributed by atoms with Gasteiger partial charge < -0.3 is 9.31 Å². The molecule has 0 N–H and O–H groups in total. The van der Waals surface area contributed by atoms with Gasteiger partial charge in [-0.1, -0.05) is 24.3 Å². The Bertz CT molecular complexity index is 491. The van der Waals surface area contributed by atoms with Gasteiger partial charge >= 0.3 is 7.12 Å². The van der Waals surface area contributed by atoms with Crippen LogP contribution >= 0.6 is 12.2 Å². The molecule has 0 aliphatic carbocycles. The lowest BCUT2D eigenvalue weighted by atomic mass is 9.79. The van der Waals surface area contributed by atoms with Gasteiger partial charge in [-0.2, -0.15) is 0 Å². The van der Waals surface area contributed by atoms with Crippen LogP contribution in [-0.2, 0) is 15.9 Å². The summed E-state index contributed by atoms with van der Waals surface area (Å²) in [5, 5.41) is 2.37. The minimum Gasteiger partial charge on any atom is -0.399 e. The number of rotatable bonds is 3. The molecule has 1 saturated heterocycles. The number of hydrogen-bond donors (Lipinski definition) is 0. The van der Waals surface area contributed by atoms with Gasteiger partial charge in [-0.25, -0.2) is 4.99 Å². The van der Waals surface area contributed by atoms with Crippen molar-refractivity contribution in [3.8, 4) is 0 Å². The van der Waals surface area contributed by atoms with Gasteiger partial charge in [0.25, 0.3) is 0 Å². The SMILES string of the molecule is CC1(C)OB(c2ccc(CN=C=S)cc2)OC1(C)C. The van der Waals surface area contributed by atoms with Crippen molar-refractivity contribution in [3.63, 3.8) is 0 Å². The molecule has 2 rings (SSSR count). The molecule has 0 saturated carbocycles. The summed E-state index contributed by atoms with van der Waals surface area (Å²) in [5.74, 6) is 0. The summed E-state index contributed by atoms with van der Waals surface area (Å²) < 4.78 is 12.0. The molecule has 5 heteroatoms. The molecule has 0 bridgehead atoms. The molecule has 3 nitrogen and oxygen atoms in total. The van der Waals surface area contributed by atoms with E-state index in [9.17, 15) is 0 Å². The third kappa shape index (κ3) is 2.95. The first-order valence-electron chi connectivity index (χ1n) is 6.34. The topological polar surface area (TPSA) is 30.8 Å². The quantitative estimate of drug-likeness (QED) is 0.482. The summed E-state index contributed by atoms with van der Waals surface area (Å²) in [6.45, 7) is 8.77. The fraction of sp³-hybridized carbons (Fsp3) is 0.500. The van der Waals surface area contributed by atoms with E-state index in [-0.39, 0.29) is 18.3 Å². The van der Waals surface area contributed by atoms with E-state index < -0.39 is 0 Å². The Morgan fingerprint density at radius 1 is 1.11 bits per heavy atom. The van der Waals surface area contributed by atoms with Gasteiger partial charge in [0, 0.05) is 0 Å². The van der Waals surface area contributed by atoms with Crippen molar-refractivity contribution in [2.45, 2.75) is 45.4 Å². The molecule has 1 heterocycles. The normalized spacial score (nSPS) is 20.1. The molecular weight excluding hydrogens is 257 g/mol. The van der Waals surface area contributed by atoms with Crippen molar-refractivity contribution in [2.75, 3.05) is 0 Å². The summed E-state index contributed by atoms with van der Waals surface area (Å²) in [6.07, 6.45) is 0. The van der Waals surface area contributed by atoms with E-state index in [1.807, 2.05) is 24.3 Å². The number of hydrogen-bond acceptors (Lipinski definition) is 4. The van der Waals surface area contributed by atoms with Crippen LogP contribution in [0.25, 0.3) is 0 Å². The van der Waals surface area contributed by atoms with E-state index in [0.29, 0.717) is 6.54 Å². The first-order chi connectivity index (χ1) is 8.86. The number of nitrogens with zero attached hydrogens (tertiary/aromatic N) is 1. The second-order valence-corrected chi connectivity index (χ2v) is 5.92. The van der Waals surface area contributed by atoms with Crippen LogP contribution in [0.1, 0.15) is 33.3 Å². The monoisotopic (exact) mass is 275 g/mol. The number of isothiocyanates is 1. The van der Waals surface area contributed by atoms with Crippen molar-refractivity contribution < 1.29 is 9.31 Å². The zero-order valence-electron chi connectivity index (χ0n) is 11.8. The van der Waals surface area contributed by atoms with Crippen LogP contribution in [0.15, 0.2) is 29.3 Å². The highest BCUT2D eigenvalue weighted by atomic mass is 32.1. The minimum atomic E-state index is -0.312. The van der Waals surface area contributed by atoms with Crippen LogP contribution in [0.2, 0.25) is 0 Å². The highest BCUT2D eigenvalue weighted by Gasteiger charge is 2.51.